The zero-order valence-corrected chi connectivity index (χ0v) is 14.9. The molecule has 0 unspecified atom stereocenters. The van der Waals surface area contributed by atoms with Gasteiger partial charge in [-0.2, -0.15) is 0 Å². The van der Waals surface area contributed by atoms with Crippen molar-refractivity contribution in [2.75, 3.05) is 19.6 Å². The number of nitrogens with zero attached hydrogens (tertiary/aromatic N) is 3. The number of amides is 1. The van der Waals surface area contributed by atoms with Gasteiger partial charge >= 0.3 is 5.69 Å². The first kappa shape index (κ1) is 20.8. The number of nitrogens with one attached hydrogen (secondary N) is 2. The van der Waals surface area contributed by atoms with Crippen LogP contribution in [0.25, 0.3) is 0 Å². The van der Waals surface area contributed by atoms with Crippen molar-refractivity contribution in [3.63, 3.8) is 0 Å². The summed E-state index contributed by atoms with van der Waals surface area (Å²) < 4.78 is 9.97. The maximum absolute atomic E-state index is 12.4. The quantitative estimate of drug-likeness (QED) is 0.484. The van der Waals surface area contributed by atoms with E-state index in [1.54, 1.807) is 0 Å². The van der Waals surface area contributed by atoms with E-state index < -0.39 is 43.3 Å². The number of benzene rings is 2. The number of hydrogen-bond donors (Lipinski definition) is 2. The molecule has 0 saturated carbocycles. The lowest BCUT2D eigenvalue weighted by molar-refractivity contribution is -0.393. The summed E-state index contributed by atoms with van der Waals surface area (Å²) >= 11 is 0. The van der Waals surface area contributed by atoms with E-state index in [0.29, 0.717) is 6.07 Å². The van der Waals surface area contributed by atoms with Gasteiger partial charge in [-0.15, -0.1) is 0 Å². The van der Waals surface area contributed by atoms with Gasteiger partial charge in [0, 0.05) is 12.1 Å². The zero-order chi connectivity index (χ0) is 21.7. The first-order valence-corrected chi connectivity index (χ1v) is 7.59. The zero-order valence-electron chi connectivity index (χ0n) is 14.9. The van der Waals surface area contributed by atoms with Crippen LogP contribution < -0.4 is 20.3 Å². The largest absolute Gasteiger partial charge is 0.493 e. The van der Waals surface area contributed by atoms with Crippen molar-refractivity contribution in [2.45, 2.75) is 0 Å². The lowest BCUT2D eigenvalue weighted by atomic mass is 10.1. The molecule has 0 aromatic heterocycles. The Labute approximate surface area is 161 Å². The van der Waals surface area contributed by atoms with Crippen LogP contribution >= 0.6 is 0 Å². The summed E-state index contributed by atoms with van der Waals surface area (Å²) in [4.78, 5) is 43.0. The number of rotatable bonds is 8. The molecular weight excluding hydrogens is 394 g/mol. The van der Waals surface area contributed by atoms with Crippen LogP contribution in [0.3, 0.4) is 0 Å². The molecule has 2 aromatic rings. The van der Waals surface area contributed by atoms with Crippen molar-refractivity contribution < 1.29 is 29.0 Å². The molecular formula is C15H13N5O9. The number of carbonyl (C=O) groups excluding carboxylic acids is 1. The maximum Gasteiger partial charge on any atom is 0.300 e. The van der Waals surface area contributed by atoms with Crippen molar-refractivity contribution in [2.24, 2.45) is 0 Å². The van der Waals surface area contributed by atoms with Crippen LogP contribution in [0.5, 0.6) is 11.5 Å². The van der Waals surface area contributed by atoms with Crippen LogP contribution in [0.1, 0.15) is 10.4 Å². The van der Waals surface area contributed by atoms with Gasteiger partial charge in [0.05, 0.1) is 41.1 Å². The molecule has 2 N–H and O–H groups in total. The van der Waals surface area contributed by atoms with Gasteiger partial charge in [-0.05, 0) is 6.07 Å². The average molecular weight is 407 g/mol. The van der Waals surface area contributed by atoms with E-state index in [1.807, 2.05) is 0 Å². The standard InChI is InChI=1S/C15H13N5O9/c1-28-13-6-9(11(19(24)25)7-14(13)29-2)15(21)17-16-10-4-3-8(18(22)23)5-12(10)20(26)27/h3-7,16H,1-2H3,(H,17,21). The minimum absolute atomic E-state index is 0.0229. The van der Waals surface area contributed by atoms with Gasteiger partial charge in [0.15, 0.2) is 11.5 Å². The summed E-state index contributed by atoms with van der Waals surface area (Å²) in [6, 6.07) is 4.76. The molecule has 14 nitrogen and oxygen atoms in total. The topological polar surface area (TPSA) is 189 Å². The Bertz CT molecular complexity index is 1010. The van der Waals surface area contributed by atoms with Crippen molar-refractivity contribution >= 4 is 28.7 Å². The Balaban J connectivity index is 2.35. The van der Waals surface area contributed by atoms with E-state index >= 15 is 0 Å². The summed E-state index contributed by atoms with van der Waals surface area (Å²) in [5, 5.41) is 33.1. The molecule has 0 atom stereocenters. The van der Waals surface area contributed by atoms with Crippen LogP contribution in [-0.4, -0.2) is 34.9 Å². The molecule has 0 saturated heterocycles. The van der Waals surface area contributed by atoms with Crippen molar-refractivity contribution in [3.8, 4) is 11.5 Å². The van der Waals surface area contributed by atoms with Crippen LogP contribution in [0.2, 0.25) is 0 Å². The minimum atomic E-state index is -1.01. The molecule has 0 bridgehead atoms. The third-order valence-electron chi connectivity index (χ3n) is 3.64. The van der Waals surface area contributed by atoms with Gasteiger partial charge in [-0.1, -0.05) is 0 Å². The smallest absolute Gasteiger partial charge is 0.300 e. The number of nitro benzene ring substituents is 3. The fourth-order valence-corrected chi connectivity index (χ4v) is 2.28. The van der Waals surface area contributed by atoms with Crippen molar-refractivity contribution in [3.05, 3.63) is 66.2 Å². The Hall–Kier alpha value is -4.49. The number of carbonyl (C=O) groups is 1. The number of non-ortho nitro benzene ring substituents is 1. The lowest BCUT2D eigenvalue weighted by Crippen LogP contribution is -2.30. The number of hydrazine groups is 1. The molecule has 0 aliphatic heterocycles. The highest BCUT2D eigenvalue weighted by Crippen LogP contribution is 2.34. The number of methoxy groups -OCH3 is 2. The summed E-state index contributed by atoms with van der Waals surface area (Å²) in [5.41, 5.74) is 1.83. The summed E-state index contributed by atoms with van der Waals surface area (Å²) in [6.45, 7) is 0. The van der Waals surface area contributed by atoms with Gasteiger partial charge in [-0.3, -0.25) is 46.0 Å². The van der Waals surface area contributed by atoms with E-state index in [0.717, 1.165) is 24.3 Å². The third kappa shape index (κ3) is 4.44. The molecule has 152 valence electrons. The predicted octanol–water partition coefficient (Wildman–Crippen LogP) is 2.19. The minimum Gasteiger partial charge on any atom is -0.493 e. The van der Waals surface area contributed by atoms with Crippen molar-refractivity contribution in [1.82, 2.24) is 5.43 Å². The monoisotopic (exact) mass is 407 g/mol. The first-order chi connectivity index (χ1) is 13.7. The average Bonchev–Trinajstić information content (AvgIpc) is 2.70. The van der Waals surface area contributed by atoms with Gasteiger partial charge in [0.1, 0.15) is 11.3 Å². The maximum atomic E-state index is 12.4. The molecule has 0 radical (unpaired) electrons. The Morgan fingerprint density at radius 3 is 1.97 bits per heavy atom. The first-order valence-electron chi connectivity index (χ1n) is 7.59. The number of nitro groups is 3. The van der Waals surface area contributed by atoms with Crippen LogP contribution in [0, 0.1) is 30.3 Å². The van der Waals surface area contributed by atoms with Gasteiger partial charge in [0.2, 0.25) is 0 Å². The molecule has 1 amide bonds. The lowest BCUT2D eigenvalue weighted by Gasteiger charge is -2.12. The van der Waals surface area contributed by atoms with E-state index in [-0.39, 0.29) is 17.2 Å². The van der Waals surface area contributed by atoms with E-state index in [9.17, 15) is 35.1 Å². The highest BCUT2D eigenvalue weighted by molar-refractivity contribution is 5.99. The second kappa shape index (κ2) is 8.47. The van der Waals surface area contributed by atoms with Crippen molar-refractivity contribution in [1.29, 1.82) is 0 Å². The van der Waals surface area contributed by atoms with Gasteiger partial charge in [0.25, 0.3) is 17.3 Å². The fourth-order valence-electron chi connectivity index (χ4n) is 2.28. The molecule has 0 fully saturated rings. The molecule has 0 spiro atoms. The Kier molecular flexibility index (Phi) is 6.08. The molecule has 2 aromatic carbocycles. The molecule has 2 rings (SSSR count). The predicted molar refractivity (Wildman–Crippen MR) is 97.0 cm³/mol. The summed E-state index contributed by atoms with van der Waals surface area (Å²) in [7, 11) is 2.53. The number of anilines is 1. The molecule has 29 heavy (non-hydrogen) atoms. The third-order valence-corrected chi connectivity index (χ3v) is 3.64. The summed E-state index contributed by atoms with van der Waals surface area (Å²) in [6.07, 6.45) is 0. The summed E-state index contributed by atoms with van der Waals surface area (Å²) in [5.74, 6) is -0.940. The van der Waals surface area contributed by atoms with E-state index in [2.05, 4.69) is 10.9 Å². The SMILES string of the molecule is COc1cc(C(=O)NNc2ccc([N+](=O)[O-])cc2[N+](=O)[O-])c([N+](=O)[O-])cc1OC. The Morgan fingerprint density at radius 2 is 1.45 bits per heavy atom. The molecule has 0 aliphatic carbocycles. The highest BCUT2D eigenvalue weighted by atomic mass is 16.6. The number of hydrogen-bond acceptors (Lipinski definition) is 10. The normalized spacial score (nSPS) is 10.0. The molecule has 14 heteroatoms. The van der Waals surface area contributed by atoms with Crippen LogP contribution in [0.15, 0.2) is 30.3 Å². The van der Waals surface area contributed by atoms with E-state index in [4.69, 9.17) is 9.47 Å². The Morgan fingerprint density at radius 1 is 0.862 bits per heavy atom. The second-order valence-corrected chi connectivity index (χ2v) is 5.28. The highest BCUT2D eigenvalue weighted by Gasteiger charge is 2.25. The number of ether oxygens (including phenoxy) is 2. The van der Waals surface area contributed by atoms with E-state index in [1.165, 1.54) is 14.2 Å². The molecule has 0 heterocycles. The van der Waals surface area contributed by atoms with Crippen LogP contribution in [-0.2, 0) is 0 Å². The van der Waals surface area contributed by atoms with Crippen LogP contribution in [0.4, 0.5) is 22.7 Å². The second-order valence-electron chi connectivity index (χ2n) is 5.28. The fraction of sp³-hybridized carbons (Fsp3) is 0.133. The van der Waals surface area contributed by atoms with Gasteiger partial charge < -0.3 is 9.47 Å². The molecule has 0 aliphatic rings. The van der Waals surface area contributed by atoms with Gasteiger partial charge in [-0.25, -0.2) is 0 Å².